The van der Waals surface area contributed by atoms with Crippen molar-refractivity contribution in [3.63, 3.8) is 0 Å². The van der Waals surface area contributed by atoms with Crippen LogP contribution in [0.15, 0.2) is 30.3 Å². The van der Waals surface area contributed by atoms with Crippen LogP contribution in [0.4, 0.5) is 4.79 Å². The van der Waals surface area contributed by atoms with Crippen LogP contribution in [0.1, 0.15) is 58.9 Å². The SMILES string of the molecule is CCN(Cc1ccccc1)C(=O)CN1C(=O)NC2(CCC(C(C)(C)C)CC2)C1=O. The second kappa shape index (κ2) is 8.17. The molecule has 6 nitrogen and oxygen atoms in total. The van der Waals surface area contributed by atoms with Gasteiger partial charge in [0.1, 0.15) is 12.1 Å². The number of imide groups is 1. The minimum atomic E-state index is -0.824. The highest BCUT2D eigenvalue weighted by Gasteiger charge is 2.53. The average Bonchev–Trinajstić information content (AvgIpc) is 2.90. The summed E-state index contributed by atoms with van der Waals surface area (Å²) in [5.41, 5.74) is 0.397. The first-order chi connectivity index (χ1) is 13.7. The normalized spacial score (nSPS) is 24.7. The second-order valence-corrected chi connectivity index (χ2v) is 9.44. The first kappa shape index (κ1) is 21.3. The third-order valence-corrected chi connectivity index (χ3v) is 6.55. The first-order valence-electron chi connectivity index (χ1n) is 10.6. The standard InChI is InChI=1S/C23H33N3O3/c1-5-25(15-17-9-7-6-8-10-17)19(27)16-26-20(28)23(24-21(26)29)13-11-18(12-14-23)22(2,3)4/h6-10,18H,5,11-16H2,1-4H3,(H,24,29). The summed E-state index contributed by atoms with van der Waals surface area (Å²) in [4.78, 5) is 41.3. The van der Waals surface area contributed by atoms with Gasteiger partial charge in [-0.2, -0.15) is 0 Å². The van der Waals surface area contributed by atoms with Gasteiger partial charge in [-0.05, 0) is 49.5 Å². The third kappa shape index (κ3) is 4.46. The Hall–Kier alpha value is -2.37. The number of benzene rings is 1. The zero-order chi connectivity index (χ0) is 21.2. The molecule has 1 aliphatic carbocycles. The van der Waals surface area contributed by atoms with Crippen LogP contribution < -0.4 is 5.32 Å². The molecule has 1 saturated heterocycles. The maximum absolute atomic E-state index is 13.1. The smallest absolute Gasteiger partial charge is 0.325 e. The lowest BCUT2D eigenvalue weighted by atomic mass is 9.67. The monoisotopic (exact) mass is 399 g/mol. The van der Waals surface area contributed by atoms with Crippen molar-refractivity contribution in [2.24, 2.45) is 11.3 Å². The van der Waals surface area contributed by atoms with Gasteiger partial charge in [0.2, 0.25) is 5.91 Å². The molecule has 1 aromatic carbocycles. The van der Waals surface area contributed by atoms with Crippen molar-refractivity contribution in [1.82, 2.24) is 15.1 Å². The van der Waals surface area contributed by atoms with Gasteiger partial charge in [0.15, 0.2) is 0 Å². The maximum Gasteiger partial charge on any atom is 0.325 e. The lowest BCUT2D eigenvalue weighted by Crippen LogP contribution is -2.51. The largest absolute Gasteiger partial charge is 0.337 e. The van der Waals surface area contributed by atoms with Gasteiger partial charge in [0.05, 0.1) is 0 Å². The van der Waals surface area contributed by atoms with Crippen molar-refractivity contribution < 1.29 is 14.4 Å². The fourth-order valence-electron chi connectivity index (χ4n) is 4.55. The summed E-state index contributed by atoms with van der Waals surface area (Å²) in [6, 6.07) is 9.29. The Balaban J connectivity index is 1.65. The number of carbonyl (C=O) groups excluding carboxylic acids is 3. The molecule has 1 spiro atoms. The molecule has 29 heavy (non-hydrogen) atoms. The van der Waals surface area contributed by atoms with Gasteiger partial charge in [-0.15, -0.1) is 0 Å². The van der Waals surface area contributed by atoms with Gasteiger partial charge in [-0.1, -0.05) is 51.1 Å². The number of urea groups is 1. The number of amides is 4. The second-order valence-electron chi connectivity index (χ2n) is 9.44. The van der Waals surface area contributed by atoms with Crippen molar-refractivity contribution in [2.45, 2.75) is 65.5 Å². The van der Waals surface area contributed by atoms with Crippen molar-refractivity contribution in [2.75, 3.05) is 13.1 Å². The molecule has 1 N–H and O–H groups in total. The molecule has 3 rings (SSSR count). The van der Waals surface area contributed by atoms with E-state index in [-0.39, 0.29) is 23.8 Å². The zero-order valence-electron chi connectivity index (χ0n) is 18.0. The quantitative estimate of drug-likeness (QED) is 0.770. The fraction of sp³-hybridized carbons (Fsp3) is 0.609. The molecule has 1 saturated carbocycles. The Morgan fingerprint density at radius 2 is 1.79 bits per heavy atom. The van der Waals surface area contributed by atoms with Crippen molar-refractivity contribution in [1.29, 1.82) is 0 Å². The van der Waals surface area contributed by atoms with Crippen molar-refractivity contribution >= 4 is 17.8 Å². The summed E-state index contributed by atoms with van der Waals surface area (Å²) in [6.07, 6.45) is 3.11. The van der Waals surface area contributed by atoms with E-state index >= 15 is 0 Å². The summed E-state index contributed by atoms with van der Waals surface area (Å²) in [5.74, 6) is 0.0919. The minimum Gasteiger partial charge on any atom is -0.337 e. The van der Waals surface area contributed by atoms with Crippen molar-refractivity contribution in [3.05, 3.63) is 35.9 Å². The molecule has 6 heteroatoms. The Bertz CT molecular complexity index is 761. The first-order valence-corrected chi connectivity index (χ1v) is 10.6. The molecule has 0 bridgehead atoms. The van der Waals surface area contributed by atoms with Crippen molar-refractivity contribution in [3.8, 4) is 0 Å². The van der Waals surface area contributed by atoms with E-state index in [1.807, 2.05) is 37.3 Å². The molecule has 0 unspecified atom stereocenters. The molecular weight excluding hydrogens is 366 g/mol. The lowest BCUT2D eigenvalue weighted by molar-refractivity contribution is -0.140. The van der Waals surface area contributed by atoms with Gasteiger partial charge < -0.3 is 10.2 Å². The predicted octanol–water partition coefficient (Wildman–Crippen LogP) is 3.56. The lowest BCUT2D eigenvalue weighted by Gasteiger charge is -2.40. The molecule has 0 atom stereocenters. The molecule has 2 fully saturated rings. The highest BCUT2D eigenvalue weighted by atomic mass is 16.2. The van der Waals surface area contributed by atoms with E-state index in [1.165, 1.54) is 0 Å². The number of carbonyl (C=O) groups is 3. The van der Waals surface area contributed by atoms with E-state index in [0.29, 0.717) is 31.8 Å². The molecule has 4 amide bonds. The van der Waals surface area contributed by atoms with Gasteiger partial charge in [0.25, 0.3) is 5.91 Å². The fourth-order valence-corrected chi connectivity index (χ4v) is 4.55. The maximum atomic E-state index is 13.1. The van der Waals surface area contributed by atoms with Crippen LogP contribution in [0.2, 0.25) is 0 Å². The van der Waals surface area contributed by atoms with E-state index in [4.69, 9.17) is 0 Å². The van der Waals surface area contributed by atoms with E-state index in [0.717, 1.165) is 23.3 Å². The number of likely N-dealkylation sites (N-methyl/N-ethyl adjacent to an activating group) is 1. The van der Waals surface area contributed by atoms with Crippen LogP contribution in [0.5, 0.6) is 0 Å². The molecule has 0 aromatic heterocycles. The molecule has 2 aliphatic rings. The number of nitrogens with zero attached hydrogens (tertiary/aromatic N) is 2. The Morgan fingerprint density at radius 3 is 2.34 bits per heavy atom. The summed E-state index contributed by atoms with van der Waals surface area (Å²) in [7, 11) is 0. The average molecular weight is 400 g/mol. The Morgan fingerprint density at radius 1 is 1.17 bits per heavy atom. The van der Waals surface area contributed by atoms with E-state index in [1.54, 1.807) is 4.90 Å². The van der Waals surface area contributed by atoms with Crippen LogP contribution in [0, 0.1) is 11.3 Å². The third-order valence-electron chi connectivity index (χ3n) is 6.55. The topological polar surface area (TPSA) is 69.7 Å². The number of rotatable bonds is 5. The highest BCUT2D eigenvalue weighted by molar-refractivity contribution is 6.09. The zero-order valence-corrected chi connectivity index (χ0v) is 18.0. The van der Waals surface area contributed by atoms with Crippen LogP contribution in [0.3, 0.4) is 0 Å². The number of hydrogen-bond donors (Lipinski definition) is 1. The number of nitrogens with one attached hydrogen (secondary N) is 1. The molecule has 0 radical (unpaired) electrons. The van der Waals surface area contributed by atoms with E-state index in [9.17, 15) is 14.4 Å². The molecule has 158 valence electrons. The summed E-state index contributed by atoms with van der Waals surface area (Å²) < 4.78 is 0. The predicted molar refractivity (Wildman–Crippen MR) is 112 cm³/mol. The van der Waals surface area contributed by atoms with Gasteiger partial charge in [0, 0.05) is 13.1 Å². The van der Waals surface area contributed by atoms with Crippen LogP contribution in [-0.4, -0.2) is 46.3 Å². The summed E-state index contributed by atoms with van der Waals surface area (Å²) in [6.45, 7) is 9.37. The van der Waals surface area contributed by atoms with E-state index in [2.05, 4.69) is 26.1 Å². The molecular formula is C23H33N3O3. The molecule has 1 aliphatic heterocycles. The molecule has 1 aromatic rings. The van der Waals surface area contributed by atoms with Gasteiger partial charge in [-0.25, -0.2) is 4.79 Å². The van der Waals surface area contributed by atoms with Gasteiger partial charge >= 0.3 is 6.03 Å². The minimum absolute atomic E-state index is 0.196. The van der Waals surface area contributed by atoms with Crippen LogP contribution in [-0.2, 0) is 16.1 Å². The highest BCUT2D eigenvalue weighted by Crippen LogP contribution is 2.43. The number of hydrogen-bond acceptors (Lipinski definition) is 3. The van der Waals surface area contributed by atoms with E-state index < -0.39 is 11.6 Å². The Kier molecular flexibility index (Phi) is 6.01. The van der Waals surface area contributed by atoms with Gasteiger partial charge in [-0.3, -0.25) is 14.5 Å². The summed E-state index contributed by atoms with van der Waals surface area (Å²) in [5, 5.41) is 2.92. The van der Waals surface area contributed by atoms with Crippen LogP contribution >= 0.6 is 0 Å². The summed E-state index contributed by atoms with van der Waals surface area (Å²) >= 11 is 0. The van der Waals surface area contributed by atoms with Crippen LogP contribution in [0.25, 0.3) is 0 Å². The molecule has 1 heterocycles. The Labute approximate surface area is 173 Å².